The van der Waals surface area contributed by atoms with Crippen LogP contribution in [0.15, 0.2) is 22.2 Å². The molecule has 0 amide bonds. The number of rotatable bonds is 8. The lowest BCUT2D eigenvalue weighted by Crippen LogP contribution is -2.41. The summed E-state index contributed by atoms with van der Waals surface area (Å²) in [6, 6.07) is 0. The van der Waals surface area contributed by atoms with Crippen LogP contribution in [0, 0.1) is 23.7 Å². The van der Waals surface area contributed by atoms with Crippen LogP contribution in [0.25, 0.3) is 0 Å². The summed E-state index contributed by atoms with van der Waals surface area (Å²) in [7, 11) is 0. The molecule has 2 aliphatic heterocycles. The number of hydrogen-bond acceptors (Lipinski definition) is 3. The SMILES string of the molecule is CCCCN(CCN1C[C@H]2CC(Cl)=CC[C@H]2C1)CN1C[C@H]2CC=C(Cl)C[C@@H]2C1. The molecule has 0 aromatic rings. The molecule has 0 bridgehead atoms. The maximum Gasteiger partial charge on any atom is 0.0506 e. The Bertz CT molecular complexity index is 590. The maximum absolute atomic E-state index is 6.30. The molecule has 0 N–H and O–H groups in total. The highest BCUT2D eigenvalue weighted by atomic mass is 35.5. The normalized spacial score (nSPS) is 33.7. The molecule has 2 fully saturated rings. The van der Waals surface area contributed by atoms with E-state index in [1.807, 2.05) is 0 Å². The van der Waals surface area contributed by atoms with E-state index in [0.29, 0.717) is 0 Å². The van der Waals surface area contributed by atoms with Gasteiger partial charge in [-0.2, -0.15) is 0 Å². The van der Waals surface area contributed by atoms with Gasteiger partial charge in [0, 0.05) is 49.3 Å². The van der Waals surface area contributed by atoms with Gasteiger partial charge < -0.3 is 4.90 Å². The van der Waals surface area contributed by atoms with Gasteiger partial charge in [-0.15, -0.1) is 0 Å². The Balaban J connectivity index is 1.25. The molecule has 4 aliphatic rings. The predicted octanol–water partition coefficient (Wildman–Crippen LogP) is 4.98. The van der Waals surface area contributed by atoms with Gasteiger partial charge in [0.25, 0.3) is 0 Å². The van der Waals surface area contributed by atoms with Crippen molar-refractivity contribution < 1.29 is 0 Å². The first kappa shape index (κ1) is 21.2. The second-order valence-corrected chi connectivity index (χ2v) is 10.6. The lowest BCUT2D eigenvalue weighted by atomic mass is 9.86. The molecule has 2 saturated heterocycles. The highest BCUT2D eigenvalue weighted by Crippen LogP contribution is 2.38. The van der Waals surface area contributed by atoms with E-state index in [2.05, 4.69) is 33.8 Å². The van der Waals surface area contributed by atoms with Gasteiger partial charge in [0.15, 0.2) is 0 Å². The first-order chi connectivity index (χ1) is 13.6. The fourth-order valence-corrected chi connectivity index (χ4v) is 6.37. The topological polar surface area (TPSA) is 9.72 Å². The predicted molar refractivity (Wildman–Crippen MR) is 120 cm³/mol. The largest absolute Gasteiger partial charge is 0.301 e. The van der Waals surface area contributed by atoms with Gasteiger partial charge >= 0.3 is 0 Å². The van der Waals surface area contributed by atoms with E-state index >= 15 is 0 Å². The van der Waals surface area contributed by atoms with Crippen LogP contribution < -0.4 is 0 Å². The Morgan fingerprint density at radius 3 is 2.07 bits per heavy atom. The van der Waals surface area contributed by atoms with Crippen molar-refractivity contribution in [2.75, 3.05) is 52.5 Å². The Labute approximate surface area is 181 Å². The van der Waals surface area contributed by atoms with E-state index in [0.717, 1.165) is 53.2 Å². The van der Waals surface area contributed by atoms with Crippen molar-refractivity contribution in [3.05, 3.63) is 22.2 Å². The summed E-state index contributed by atoms with van der Waals surface area (Å²) in [6.07, 6.45) is 11.7. The van der Waals surface area contributed by atoms with E-state index in [1.54, 1.807) is 0 Å². The van der Waals surface area contributed by atoms with E-state index in [9.17, 15) is 0 Å². The summed E-state index contributed by atoms with van der Waals surface area (Å²) >= 11 is 12.6. The van der Waals surface area contributed by atoms with Crippen LogP contribution in [0.5, 0.6) is 0 Å². The fourth-order valence-electron chi connectivity index (χ4n) is 5.79. The van der Waals surface area contributed by atoms with Crippen LogP contribution in [-0.4, -0.2) is 67.2 Å². The summed E-state index contributed by atoms with van der Waals surface area (Å²) in [6.45, 7) is 12.1. The lowest BCUT2D eigenvalue weighted by molar-refractivity contribution is 0.131. The summed E-state index contributed by atoms with van der Waals surface area (Å²) in [5, 5.41) is 2.19. The molecule has 2 heterocycles. The highest BCUT2D eigenvalue weighted by Gasteiger charge is 2.36. The molecule has 4 atom stereocenters. The summed E-state index contributed by atoms with van der Waals surface area (Å²) < 4.78 is 0. The Hall–Kier alpha value is -0.0600. The molecular weight excluding hydrogens is 389 g/mol. The monoisotopic (exact) mass is 425 g/mol. The van der Waals surface area contributed by atoms with E-state index in [1.165, 1.54) is 71.5 Å². The minimum atomic E-state index is 0.782. The van der Waals surface area contributed by atoms with Crippen molar-refractivity contribution in [2.45, 2.75) is 45.4 Å². The average Bonchev–Trinajstić information content (AvgIpc) is 3.25. The number of likely N-dealkylation sites (tertiary alicyclic amines) is 2. The van der Waals surface area contributed by atoms with Crippen LogP contribution in [0.3, 0.4) is 0 Å². The van der Waals surface area contributed by atoms with Crippen LogP contribution in [0.1, 0.15) is 45.4 Å². The minimum absolute atomic E-state index is 0.782. The molecule has 28 heavy (non-hydrogen) atoms. The highest BCUT2D eigenvalue weighted by molar-refractivity contribution is 6.29. The first-order valence-electron chi connectivity index (χ1n) is 11.5. The second-order valence-electron chi connectivity index (χ2n) is 9.63. The third-order valence-corrected chi connectivity index (χ3v) is 8.08. The molecule has 5 heteroatoms. The van der Waals surface area contributed by atoms with Crippen molar-refractivity contribution >= 4 is 23.2 Å². The fraction of sp³-hybridized carbons (Fsp3) is 0.826. The summed E-state index contributed by atoms with van der Waals surface area (Å²) in [4.78, 5) is 8.11. The van der Waals surface area contributed by atoms with E-state index < -0.39 is 0 Å². The van der Waals surface area contributed by atoms with Crippen LogP contribution >= 0.6 is 23.2 Å². The molecule has 0 radical (unpaired) electrons. The Kier molecular flexibility index (Phi) is 7.44. The quantitative estimate of drug-likeness (QED) is 0.542. The third kappa shape index (κ3) is 5.35. The van der Waals surface area contributed by atoms with Crippen LogP contribution in [0.2, 0.25) is 0 Å². The van der Waals surface area contributed by atoms with Gasteiger partial charge in [0.05, 0.1) is 6.67 Å². The minimum Gasteiger partial charge on any atom is -0.301 e. The van der Waals surface area contributed by atoms with E-state index in [4.69, 9.17) is 23.2 Å². The molecule has 4 rings (SSSR count). The number of fused-ring (bicyclic) bond motifs is 2. The number of nitrogens with zero attached hydrogens (tertiary/aromatic N) is 3. The standard InChI is InChI=1S/C23H37Cl2N3/c1-2-3-8-26(17-28-14-19-5-7-23(25)12-21(19)16-28)9-10-27-13-18-4-6-22(24)11-20(18)15-27/h6-7,18-21H,2-5,8-17H2,1H3/t18-,19+,20+,21+/m0/s1. The average molecular weight is 426 g/mol. The second kappa shape index (κ2) is 9.83. The first-order valence-corrected chi connectivity index (χ1v) is 12.2. The van der Waals surface area contributed by atoms with Crippen molar-refractivity contribution in [3.8, 4) is 0 Å². The molecule has 158 valence electrons. The summed E-state index contributed by atoms with van der Waals surface area (Å²) in [5.74, 6) is 3.24. The van der Waals surface area contributed by atoms with Gasteiger partial charge in [0.1, 0.15) is 0 Å². The molecule has 2 aliphatic carbocycles. The van der Waals surface area contributed by atoms with Gasteiger partial charge in [-0.1, -0.05) is 48.7 Å². The summed E-state index contributed by atoms with van der Waals surface area (Å²) in [5.41, 5.74) is 0. The Morgan fingerprint density at radius 1 is 0.857 bits per heavy atom. The third-order valence-electron chi connectivity index (χ3n) is 7.46. The van der Waals surface area contributed by atoms with Crippen LogP contribution in [0.4, 0.5) is 0 Å². The van der Waals surface area contributed by atoms with Gasteiger partial charge in [-0.25, -0.2) is 0 Å². The molecule has 0 aromatic heterocycles. The number of hydrogen-bond donors (Lipinski definition) is 0. The zero-order valence-electron chi connectivity index (χ0n) is 17.5. The van der Waals surface area contributed by atoms with Gasteiger partial charge in [0.2, 0.25) is 0 Å². The zero-order valence-corrected chi connectivity index (χ0v) is 19.0. The maximum atomic E-state index is 6.30. The van der Waals surface area contributed by atoms with Crippen LogP contribution in [-0.2, 0) is 0 Å². The lowest BCUT2D eigenvalue weighted by Gasteiger charge is -2.29. The molecular formula is C23H37Cl2N3. The Morgan fingerprint density at radius 2 is 1.43 bits per heavy atom. The smallest absolute Gasteiger partial charge is 0.0506 e. The molecule has 3 nitrogen and oxygen atoms in total. The van der Waals surface area contributed by atoms with Gasteiger partial charge in [-0.3, -0.25) is 9.80 Å². The van der Waals surface area contributed by atoms with Crippen molar-refractivity contribution in [1.29, 1.82) is 0 Å². The molecule has 0 aromatic carbocycles. The van der Waals surface area contributed by atoms with Crippen molar-refractivity contribution in [1.82, 2.24) is 14.7 Å². The number of halogens is 2. The van der Waals surface area contributed by atoms with Crippen molar-refractivity contribution in [3.63, 3.8) is 0 Å². The number of unbranched alkanes of at least 4 members (excludes halogenated alkanes) is 1. The zero-order chi connectivity index (χ0) is 19.5. The molecule has 0 unspecified atom stereocenters. The van der Waals surface area contributed by atoms with Crippen molar-refractivity contribution in [2.24, 2.45) is 23.7 Å². The molecule has 0 spiro atoms. The number of allylic oxidation sites excluding steroid dienone is 4. The molecule has 0 saturated carbocycles. The van der Waals surface area contributed by atoms with Gasteiger partial charge in [-0.05, 0) is 62.3 Å². The van der Waals surface area contributed by atoms with E-state index in [-0.39, 0.29) is 0 Å².